The van der Waals surface area contributed by atoms with Crippen molar-refractivity contribution in [2.75, 3.05) is 13.1 Å². The minimum absolute atomic E-state index is 0.235. The first kappa shape index (κ1) is 18.5. The highest BCUT2D eigenvalue weighted by atomic mass is 19.4. The van der Waals surface area contributed by atoms with E-state index in [0.717, 1.165) is 17.7 Å². The third kappa shape index (κ3) is 3.75. The van der Waals surface area contributed by atoms with Gasteiger partial charge in [0.05, 0.1) is 11.0 Å². The monoisotopic (exact) mass is 363 g/mol. The summed E-state index contributed by atoms with van der Waals surface area (Å²) in [5, 5.41) is 9.81. The third-order valence-corrected chi connectivity index (χ3v) is 5.11. The SMILES string of the molecule is O=C(O)C1(c2cccc(C(F)(F)F)c2)CCN(Cc2ccccc2)CC1. The summed E-state index contributed by atoms with van der Waals surface area (Å²) in [4.78, 5) is 14.1. The molecule has 3 rings (SSSR count). The van der Waals surface area contributed by atoms with Crippen molar-refractivity contribution in [1.29, 1.82) is 0 Å². The van der Waals surface area contributed by atoms with Crippen LogP contribution in [0.3, 0.4) is 0 Å². The van der Waals surface area contributed by atoms with E-state index in [1.165, 1.54) is 12.1 Å². The molecule has 26 heavy (non-hydrogen) atoms. The van der Waals surface area contributed by atoms with Gasteiger partial charge in [-0.15, -0.1) is 0 Å². The number of hydrogen-bond donors (Lipinski definition) is 1. The normalized spacial score (nSPS) is 17.8. The number of hydrogen-bond acceptors (Lipinski definition) is 2. The Balaban J connectivity index is 1.80. The second-order valence-electron chi connectivity index (χ2n) is 6.73. The number of likely N-dealkylation sites (tertiary alicyclic amines) is 1. The summed E-state index contributed by atoms with van der Waals surface area (Å²) in [6.07, 6.45) is -3.91. The summed E-state index contributed by atoms with van der Waals surface area (Å²) in [6.45, 7) is 1.76. The van der Waals surface area contributed by atoms with Crippen molar-refractivity contribution in [3.63, 3.8) is 0 Å². The zero-order valence-electron chi connectivity index (χ0n) is 14.2. The lowest BCUT2D eigenvalue weighted by atomic mass is 9.72. The molecule has 0 unspecified atom stereocenters. The van der Waals surface area contributed by atoms with Gasteiger partial charge in [-0.25, -0.2) is 0 Å². The lowest BCUT2D eigenvalue weighted by Gasteiger charge is -2.39. The van der Waals surface area contributed by atoms with Gasteiger partial charge in [0.2, 0.25) is 0 Å². The number of carboxylic acid groups (broad SMARTS) is 1. The summed E-state index contributed by atoms with van der Waals surface area (Å²) >= 11 is 0. The molecule has 1 heterocycles. The minimum Gasteiger partial charge on any atom is -0.481 e. The maximum Gasteiger partial charge on any atom is 0.416 e. The third-order valence-electron chi connectivity index (χ3n) is 5.11. The maximum absolute atomic E-state index is 13.0. The lowest BCUT2D eigenvalue weighted by Crippen LogP contribution is -2.47. The van der Waals surface area contributed by atoms with Gasteiger partial charge < -0.3 is 5.11 Å². The number of piperidine rings is 1. The predicted molar refractivity (Wildman–Crippen MR) is 91.7 cm³/mol. The van der Waals surface area contributed by atoms with Crippen LogP contribution in [0.5, 0.6) is 0 Å². The van der Waals surface area contributed by atoms with Crippen molar-refractivity contribution in [2.45, 2.75) is 31.0 Å². The van der Waals surface area contributed by atoms with Crippen LogP contribution in [0, 0.1) is 0 Å². The van der Waals surface area contributed by atoms with Gasteiger partial charge in [-0.2, -0.15) is 13.2 Å². The Hall–Kier alpha value is -2.34. The summed E-state index contributed by atoms with van der Waals surface area (Å²) in [5.41, 5.74) is -0.704. The molecule has 0 aliphatic carbocycles. The number of rotatable bonds is 4. The molecule has 0 radical (unpaired) electrons. The molecule has 6 heteroatoms. The van der Waals surface area contributed by atoms with Crippen molar-refractivity contribution in [1.82, 2.24) is 4.90 Å². The van der Waals surface area contributed by atoms with Gasteiger partial charge in [0.25, 0.3) is 0 Å². The number of benzene rings is 2. The molecule has 0 amide bonds. The van der Waals surface area contributed by atoms with Crippen LogP contribution < -0.4 is 0 Å². The zero-order valence-corrected chi connectivity index (χ0v) is 14.2. The van der Waals surface area contributed by atoms with E-state index in [1.807, 2.05) is 30.3 Å². The van der Waals surface area contributed by atoms with E-state index in [4.69, 9.17) is 0 Å². The molecule has 138 valence electrons. The van der Waals surface area contributed by atoms with E-state index in [9.17, 15) is 23.1 Å². The fourth-order valence-corrected chi connectivity index (χ4v) is 3.55. The quantitative estimate of drug-likeness (QED) is 0.879. The van der Waals surface area contributed by atoms with Crippen LogP contribution in [-0.4, -0.2) is 29.1 Å². The van der Waals surface area contributed by atoms with E-state index in [-0.39, 0.29) is 18.4 Å². The van der Waals surface area contributed by atoms with E-state index in [0.29, 0.717) is 19.6 Å². The van der Waals surface area contributed by atoms with Crippen LogP contribution in [0.1, 0.15) is 29.5 Å². The average molecular weight is 363 g/mol. The molecule has 1 fully saturated rings. The molecule has 3 nitrogen and oxygen atoms in total. The van der Waals surface area contributed by atoms with Gasteiger partial charge in [0, 0.05) is 6.54 Å². The van der Waals surface area contributed by atoms with Crippen LogP contribution in [0.25, 0.3) is 0 Å². The minimum atomic E-state index is -4.48. The Morgan fingerprint density at radius 3 is 2.27 bits per heavy atom. The number of carbonyl (C=O) groups is 1. The fraction of sp³-hybridized carbons (Fsp3) is 0.350. The second kappa shape index (κ2) is 7.11. The van der Waals surface area contributed by atoms with Crippen molar-refractivity contribution < 1.29 is 23.1 Å². The molecule has 1 aliphatic rings. The van der Waals surface area contributed by atoms with Gasteiger partial charge >= 0.3 is 12.1 Å². The molecule has 0 bridgehead atoms. The molecule has 2 aromatic rings. The Morgan fingerprint density at radius 2 is 1.69 bits per heavy atom. The highest BCUT2D eigenvalue weighted by molar-refractivity contribution is 5.81. The van der Waals surface area contributed by atoms with Crippen LogP contribution in [-0.2, 0) is 22.9 Å². The standard InChI is InChI=1S/C20H20F3NO2/c21-20(22,23)17-8-4-7-16(13-17)19(18(25)26)9-11-24(12-10-19)14-15-5-2-1-3-6-15/h1-8,13H,9-12,14H2,(H,25,26). The lowest BCUT2D eigenvalue weighted by molar-refractivity contribution is -0.146. The molecular formula is C20H20F3NO2. The van der Waals surface area contributed by atoms with Crippen LogP contribution in [0.4, 0.5) is 13.2 Å². The first-order valence-electron chi connectivity index (χ1n) is 8.49. The van der Waals surface area contributed by atoms with Crippen LogP contribution in [0.15, 0.2) is 54.6 Å². The van der Waals surface area contributed by atoms with Gasteiger partial charge in [-0.3, -0.25) is 9.69 Å². The average Bonchev–Trinajstić information content (AvgIpc) is 2.62. The number of nitrogens with zero attached hydrogens (tertiary/aromatic N) is 1. The molecule has 2 aromatic carbocycles. The second-order valence-corrected chi connectivity index (χ2v) is 6.73. The van der Waals surface area contributed by atoms with E-state index < -0.39 is 23.1 Å². The van der Waals surface area contributed by atoms with Crippen LogP contribution in [0.2, 0.25) is 0 Å². The summed E-state index contributed by atoms with van der Waals surface area (Å²) in [5.74, 6) is -1.06. The largest absolute Gasteiger partial charge is 0.481 e. The van der Waals surface area contributed by atoms with Crippen molar-refractivity contribution >= 4 is 5.97 Å². The Morgan fingerprint density at radius 1 is 1.04 bits per heavy atom. The topological polar surface area (TPSA) is 40.5 Å². The Labute approximate surface area is 150 Å². The smallest absolute Gasteiger partial charge is 0.416 e. The van der Waals surface area contributed by atoms with Crippen molar-refractivity contribution in [3.05, 3.63) is 71.3 Å². The molecule has 1 aliphatic heterocycles. The molecule has 0 spiro atoms. The first-order valence-corrected chi connectivity index (χ1v) is 8.49. The maximum atomic E-state index is 13.0. The molecule has 0 aromatic heterocycles. The molecular weight excluding hydrogens is 343 g/mol. The molecule has 1 N–H and O–H groups in total. The van der Waals surface area contributed by atoms with Gasteiger partial charge in [-0.05, 0) is 43.1 Å². The fourth-order valence-electron chi connectivity index (χ4n) is 3.55. The van der Waals surface area contributed by atoms with Crippen molar-refractivity contribution in [2.24, 2.45) is 0 Å². The Kier molecular flexibility index (Phi) is 5.05. The van der Waals surface area contributed by atoms with Crippen molar-refractivity contribution in [3.8, 4) is 0 Å². The summed E-state index contributed by atoms with van der Waals surface area (Å²) in [6, 6.07) is 14.6. The van der Waals surface area contributed by atoms with E-state index in [2.05, 4.69) is 4.90 Å². The zero-order chi connectivity index (χ0) is 18.8. The van der Waals surface area contributed by atoms with Crippen LogP contribution >= 0.6 is 0 Å². The number of alkyl halides is 3. The number of carboxylic acids is 1. The van der Waals surface area contributed by atoms with Gasteiger partial charge in [-0.1, -0.05) is 48.5 Å². The van der Waals surface area contributed by atoms with E-state index >= 15 is 0 Å². The molecule has 0 saturated carbocycles. The molecule has 0 atom stereocenters. The summed E-state index contributed by atoms with van der Waals surface area (Å²) in [7, 11) is 0. The molecule has 1 saturated heterocycles. The van der Waals surface area contributed by atoms with Gasteiger partial charge in [0.15, 0.2) is 0 Å². The highest BCUT2D eigenvalue weighted by Gasteiger charge is 2.44. The van der Waals surface area contributed by atoms with E-state index in [1.54, 1.807) is 0 Å². The summed E-state index contributed by atoms with van der Waals surface area (Å²) < 4.78 is 39.0. The predicted octanol–water partition coefficient (Wildman–Crippen LogP) is 4.32. The number of aliphatic carboxylic acids is 1. The highest BCUT2D eigenvalue weighted by Crippen LogP contribution is 2.39. The Bertz CT molecular complexity index is 766. The van der Waals surface area contributed by atoms with Gasteiger partial charge in [0.1, 0.15) is 0 Å². The first-order chi connectivity index (χ1) is 12.3. The number of halogens is 3.